The molecule has 112 valence electrons. The molecule has 0 aliphatic carbocycles. The standard InChI is InChI=1S/C17H20BrNOS/c1-4-19-12(2)14-10-9-13(11-15(14)18)21-17-8-6-5-7-16(17)20-3/h5-12,19H,4H2,1-3H3. The lowest BCUT2D eigenvalue weighted by Crippen LogP contribution is -2.17. The summed E-state index contributed by atoms with van der Waals surface area (Å²) in [5.41, 5.74) is 1.28. The molecule has 0 aliphatic heterocycles. The molecule has 1 unspecified atom stereocenters. The molecule has 2 rings (SSSR count). The van der Waals surface area contributed by atoms with Gasteiger partial charge in [0.25, 0.3) is 0 Å². The first kappa shape index (κ1) is 16.4. The van der Waals surface area contributed by atoms with Crippen molar-refractivity contribution in [3.8, 4) is 5.75 Å². The van der Waals surface area contributed by atoms with Gasteiger partial charge in [-0.25, -0.2) is 0 Å². The second-order valence-electron chi connectivity index (χ2n) is 4.72. The van der Waals surface area contributed by atoms with E-state index in [1.807, 2.05) is 18.2 Å². The van der Waals surface area contributed by atoms with E-state index in [2.05, 4.69) is 59.4 Å². The minimum Gasteiger partial charge on any atom is -0.496 e. The van der Waals surface area contributed by atoms with Gasteiger partial charge in [-0.05, 0) is 43.3 Å². The minimum absolute atomic E-state index is 0.342. The summed E-state index contributed by atoms with van der Waals surface area (Å²) in [6.07, 6.45) is 0. The maximum Gasteiger partial charge on any atom is 0.132 e. The van der Waals surface area contributed by atoms with Gasteiger partial charge in [0.15, 0.2) is 0 Å². The van der Waals surface area contributed by atoms with Gasteiger partial charge >= 0.3 is 0 Å². The van der Waals surface area contributed by atoms with Crippen LogP contribution in [0.25, 0.3) is 0 Å². The number of rotatable bonds is 6. The van der Waals surface area contributed by atoms with Gasteiger partial charge in [0.2, 0.25) is 0 Å². The highest BCUT2D eigenvalue weighted by Crippen LogP contribution is 2.37. The number of ether oxygens (including phenoxy) is 1. The average molecular weight is 366 g/mol. The number of para-hydroxylation sites is 1. The zero-order valence-electron chi connectivity index (χ0n) is 12.5. The Morgan fingerprint density at radius 1 is 1.24 bits per heavy atom. The van der Waals surface area contributed by atoms with Gasteiger partial charge in [-0.1, -0.05) is 52.8 Å². The fourth-order valence-corrected chi connectivity index (χ4v) is 4.01. The van der Waals surface area contributed by atoms with Crippen LogP contribution in [0.3, 0.4) is 0 Å². The highest BCUT2D eigenvalue weighted by molar-refractivity contribution is 9.10. The van der Waals surface area contributed by atoms with Crippen LogP contribution in [-0.2, 0) is 0 Å². The summed E-state index contributed by atoms with van der Waals surface area (Å²) in [6, 6.07) is 14.9. The smallest absolute Gasteiger partial charge is 0.132 e. The summed E-state index contributed by atoms with van der Waals surface area (Å²) in [4.78, 5) is 2.32. The first-order valence-electron chi connectivity index (χ1n) is 6.99. The van der Waals surface area contributed by atoms with E-state index in [0.717, 1.165) is 21.7 Å². The first-order chi connectivity index (χ1) is 10.2. The van der Waals surface area contributed by atoms with Gasteiger partial charge in [-0.15, -0.1) is 0 Å². The summed E-state index contributed by atoms with van der Waals surface area (Å²) in [6.45, 7) is 5.26. The van der Waals surface area contributed by atoms with Crippen LogP contribution in [0.4, 0.5) is 0 Å². The zero-order valence-corrected chi connectivity index (χ0v) is 14.9. The molecular formula is C17H20BrNOS. The van der Waals surface area contributed by atoms with Crippen molar-refractivity contribution in [2.45, 2.75) is 29.7 Å². The van der Waals surface area contributed by atoms with E-state index in [4.69, 9.17) is 4.74 Å². The molecule has 0 aromatic heterocycles. The van der Waals surface area contributed by atoms with Crippen molar-refractivity contribution < 1.29 is 4.74 Å². The maximum absolute atomic E-state index is 5.40. The second-order valence-corrected chi connectivity index (χ2v) is 6.69. The van der Waals surface area contributed by atoms with Crippen LogP contribution in [0.5, 0.6) is 5.75 Å². The Labute approximate surface area is 139 Å². The van der Waals surface area contributed by atoms with E-state index in [0.29, 0.717) is 6.04 Å². The fraction of sp³-hybridized carbons (Fsp3) is 0.294. The second kappa shape index (κ2) is 7.87. The van der Waals surface area contributed by atoms with Crippen LogP contribution in [0, 0.1) is 0 Å². The Bertz CT molecular complexity index is 603. The Kier molecular flexibility index (Phi) is 6.15. The Morgan fingerprint density at radius 2 is 2.00 bits per heavy atom. The number of hydrogen-bond donors (Lipinski definition) is 1. The third-order valence-corrected chi connectivity index (χ3v) is 4.98. The average Bonchev–Trinajstić information content (AvgIpc) is 2.48. The monoisotopic (exact) mass is 365 g/mol. The summed E-state index contributed by atoms with van der Waals surface area (Å²) in [5.74, 6) is 0.906. The van der Waals surface area contributed by atoms with Crippen LogP contribution in [0.15, 0.2) is 56.7 Å². The molecule has 0 saturated carbocycles. The van der Waals surface area contributed by atoms with E-state index in [1.165, 1.54) is 10.5 Å². The van der Waals surface area contributed by atoms with Crippen molar-refractivity contribution >= 4 is 27.7 Å². The molecule has 2 nitrogen and oxygen atoms in total. The van der Waals surface area contributed by atoms with E-state index < -0.39 is 0 Å². The number of benzene rings is 2. The number of halogens is 1. The Morgan fingerprint density at radius 3 is 2.67 bits per heavy atom. The number of hydrogen-bond acceptors (Lipinski definition) is 3. The van der Waals surface area contributed by atoms with Crippen molar-refractivity contribution in [3.05, 3.63) is 52.5 Å². The van der Waals surface area contributed by atoms with Gasteiger partial charge in [0.05, 0.1) is 12.0 Å². The summed E-state index contributed by atoms with van der Waals surface area (Å²) in [7, 11) is 1.70. The first-order valence-corrected chi connectivity index (χ1v) is 8.60. The molecule has 1 N–H and O–H groups in total. The quantitative estimate of drug-likeness (QED) is 0.752. The van der Waals surface area contributed by atoms with Crippen LogP contribution in [0.1, 0.15) is 25.5 Å². The van der Waals surface area contributed by atoms with Gasteiger partial charge in [-0.3, -0.25) is 0 Å². The molecule has 0 heterocycles. The van der Waals surface area contributed by atoms with Crippen molar-refractivity contribution in [2.24, 2.45) is 0 Å². The molecule has 0 amide bonds. The lowest BCUT2D eigenvalue weighted by molar-refractivity contribution is 0.405. The van der Waals surface area contributed by atoms with E-state index >= 15 is 0 Å². The van der Waals surface area contributed by atoms with E-state index in [1.54, 1.807) is 18.9 Å². The molecule has 2 aromatic carbocycles. The molecular weight excluding hydrogens is 346 g/mol. The van der Waals surface area contributed by atoms with Gasteiger partial charge in [0, 0.05) is 15.4 Å². The summed E-state index contributed by atoms with van der Waals surface area (Å²) < 4.78 is 6.53. The minimum atomic E-state index is 0.342. The molecule has 0 radical (unpaired) electrons. The predicted molar refractivity (Wildman–Crippen MR) is 93.4 cm³/mol. The van der Waals surface area contributed by atoms with E-state index in [-0.39, 0.29) is 0 Å². The SMILES string of the molecule is CCNC(C)c1ccc(Sc2ccccc2OC)cc1Br. The molecule has 0 saturated heterocycles. The molecule has 2 aromatic rings. The molecule has 0 bridgehead atoms. The maximum atomic E-state index is 5.40. The third kappa shape index (κ3) is 4.25. The molecule has 0 aliphatic rings. The zero-order chi connectivity index (χ0) is 15.2. The predicted octanol–water partition coefficient (Wildman–Crippen LogP) is 5.28. The van der Waals surface area contributed by atoms with Crippen LogP contribution in [0.2, 0.25) is 0 Å². The van der Waals surface area contributed by atoms with Crippen molar-refractivity contribution in [2.75, 3.05) is 13.7 Å². The van der Waals surface area contributed by atoms with Gasteiger partial charge < -0.3 is 10.1 Å². The highest BCUT2D eigenvalue weighted by atomic mass is 79.9. The molecule has 0 fully saturated rings. The fourth-order valence-electron chi connectivity index (χ4n) is 2.17. The molecule has 1 atom stereocenters. The van der Waals surface area contributed by atoms with Gasteiger partial charge in [0.1, 0.15) is 5.75 Å². The Balaban J connectivity index is 2.20. The van der Waals surface area contributed by atoms with Crippen molar-refractivity contribution in [1.29, 1.82) is 0 Å². The highest BCUT2D eigenvalue weighted by Gasteiger charge is 2.10. The van der Waals surface area contributed by atoms with E-state index in [9.17, 15) is 0 Å². The topological polar surface area (TPSA) is 21.3 Å². The summed E-state index contributed by atoms with van der Waals surface area (Å²) in [5, 5.41) is 3.43. The van der Waals surface area contributed by atoms with Crippen LogP contribution < -0.4 is 10.1 Å². The third-order valence-electron chi connectivity index (χ3n) is 3.25. The normalized spacial score (nSPS) is 12.2. The van der Waals surface area contributed by atoms with Gasteiger partial charge in [-0.2, -0.15) is 0 Å². The lowest BCUT2D eigenvalue weighted by atomic mass is 10.1. The number of nitrogens with one attached hydrogen (secondary N) is 1. The molecule has 21 heavy (non-hydrogen) atoms. The van der Waals surface area contributed by atoms with Crippen LogP contribution in [-0.4, -0.2) is 13.7 Å². The number of methoxy groups -OCH3 is 1. The van der Waals surface area contributed by atoms with Crippen LogP contribution >= 0.6 is 27.7 Å². The molecule has 0 spiro atoms. The van der Waals surface area contributed by atoms with Crippen molar-refractivity contribution in [1.82, 2.24) is 5.32 Å². The van der Waals surface area contributed by atoms with Crippen molar-refractivity contribution in [3.63, 3.8) is 0 Å². The largest absolute Gasteiger partial charge is 0.496 e. The lowest BCUT2D eigenvalue weighted by Gasteiger charge is -2.15. The Hall–Kier alpha value is -0.970. The molecule has 4 heteroatoms. The summed E-state index contributed by atoms with van der Waals surface area (Å²) >= 11 is 5.39.